The number of carbonyl (C=O) groups is 2. The van der Waals surface area contributed by atoms with Crippen molar-refractivity contribution in [3.05, 3.63) is 84.4 Å². The van der Waals surface area contributed by atoms with Crippen LogP contribution in [0, 0.1) is 0 Å². The molecule has 31 heavy (non-hydrogen) atoms. The lowest BCUT2D eigenvalue weighted by atomic mass is 10.1. The highest BCUT2D eigenvalue weighted by atomic mass is 16.6. The van der Waals surface area contributed by atoms with Crippen LogP contribution in [0.2, 0.25) is 0 Å². The van der Waals surface area contributed by atoms with Crippen molar-refractivity contribution in [1.29, 1.82) is 0 Å². The van der Waals surface area contributed by atoms with Crippen LogP contribution in [-0.4, -0.2) is 29.3 Å². The zero-order chi connectivity index (χ0) is 21.6. The minimum Gasteiger partial charge on any atom is -0.474 e. The van der Waals surface area contributed by atoms with Crippen LogP contribution in [0.3, 0.4) is 0 Å². The van der Waals surface area contributed by atoms with E-state index in [1.54, 1.807) is 42.5 Å². The van der Waals surface area contributed by atoms with Crippen molar-refractivity contribution in [2.24, 2.45) is 0 Å². The summed E-state index contributed by atoms with van der Waals surface area (Å²) in [5.74, 6) is 0.328. The first-order chi connectivity index (χ1) is 15.1. The molecule has 0 fully saturated rings. The third-order valence-electron chi connectivity index (χ3n) is 4.57. The molecule has 0 aliphatic heterocycles. The molecular formula is C23H20N4O4. The summed E-state index contributed by atoms with van der Waals surface area (Å²) >= 11 is 0. The molecule has 1 heterocycles. The Morgan fingerprint density at radius 1 is 0.935 bits per heavy atom. The number of hydrogen-bond donors (Lipinski definition) is 3. The normalized spacial score (nSPS) is 11.5. The molecule has 1 unspecified atom stereocenters. The number of urea groups is 1. The Morgan fingerprint density at radius 2 is 1.65 bits per heavy atom. The molecule has 1 atom stereocenters. The van der Waals surface area contributed by atoms with Gasteiger partial charge in [0.2, 0.25) is 6.10 Å². The van der Waals surface area contributed by atoms with E-state index in [0.29, 0.717) is 33.7 Å². The number of para-hydroxylation sites is 1. The van der Waals surface area contributed by atoms with Crippen LogP contribution in [0.15, 0.2) is 78.9 Å². The van der Waals surface area contributed by atoms with Gasteiger partial charge < -0.3 is 14.8 Å². The molecule has 2 amide bonds. The number of ether oxygens (including phenoxy) is 2. The van der Waals surface area contributed by atoms with Gasteiger partial charge in [-0.2, -0.15) is 5.10 Å². The van der Waals surface area contributed by atoms with Crippen molar-refractivity contribution in [2.75, 3.05) is 17.7 Å². The molecule has 1 aromatic heterocycles. The molecule has 3 aromatic carbocycles. The Morgan fingerprint density at radius 3 is 2.35 bits per heavy atom. The zero-order valence-corrected chi connectivity index (χ0v) is 16.7. The van der Waals surface area contributed by atoms with Gasteiger partial charge in [-0.05, 0) is 24.3 Å². The summed E-state index contributed by atoms with van der Waals surface area (Å²) in [6, 6.07) is 23.0. The maximum Gasteiger partial charge on any atom is 0.351 e. The first kappa shape index (κ1) is 20.0. The van der Waals surface area contributed by atoms with Gasteiger partial charge in [0.15, 0.2) is 5.82 Å². The minimum atomic E-state index is -0.902. The van der Waals surface area contributed by atoms with Gasteiger partial charge in [0.1, 0.15) is 5.75 Å². The predicted molar refractivity (Wildman–Crippen MR) is 117 cm³/mol. The van der Waals surface area contributed by atoms with Crippen LogP contribution in [0.25, 0.3) is 10.9 Å². The van der Waals surface area contributed by atoms with Crippen molar-refractivity contribution >= 4 is 34.4 Å². The van der Waals surface area contributed by atoms with E-state index in [0.717, 1.165) is 0 Å². The Hall–Kier alpha value is -4.33. The van der Waals surface area contributed by atoms with E-state index in [4.69, 9.17) is 9.47 Å². The Labute approximate surface area is 178 Å². The maximum atomic E-state index is 12.2. The molecule has 0 radical (unpaired) electrons. The topological polar surface area (TPSA) is 105 Å². The second-order valence-electron chi connectivity index (χ2n) is 6.66. The third kappa shape index (κ3) is 4.64. The highest BCUT2D eigenvalue weighted by Crippen LogP contribution is 2.28. The standard InChI is InChI=1S/C23H20N4O4/c1-30-22(28)20(15-8-4-2-5-9-15)31-17-12-13-18-19(14-17)26-27-21(18)25-23(29)24-16-10-6-3-7-11-16/h2-14,20H,1H3,(H3,24,25,26,27,29). The SMILES string of the molecule is COC(=O)C(Oc1ccc2c(NC(=O)Nc3ccccc3)n[nH]c2c1)c1ccccc1. The predicted octanol–water partition coefficient (Wildman–Crippen LogP) is 4.50. The number of carbonyl (C=O) groups excluding carboxylic acids is 2. The lowest BCUT2D eigenvalue weighted by Crippen LogP contribution is -2.20. The highest BCUT2D eigenvalue weighted by Gasteiger charge is 2.23. The number of anilines is 2. The first-order valence-corrected chi connectivity index (χ1v) is 9.54. The third-order valence-corrected chi connectivity index (χ3v) is 4.57. The van der Waals surface area contributed by atoms with Gasteiger partial charge in [-0.25, -0.2) is 9.59 Å². The van der Waals surface area contributed by atoms with Crippen LogP contribution in [0.5, 0.6) is 5.75 Å². The Balaban J connectivity index is 1.51. The minimum absolute atomic E-state index is 0.377. The second-order valence-corrected chi connectivity index (χ2v) is 6.66. The number of esters is 1. The molecule has 0 aliphatic carbocycles. The van der Waals surface area contributed by atoms with Gasteiger partial charge in [-0.3, -0.25) is 10.4 Å². The summed E-state index contributed by atoms with van der Waals surface area (Å²) in [6.07, 6.45) is -0.902. The summed E-state index contributed by atoms with van der Waals surface area (Å²) in [6.45, 7) is 0. The molecule has 8 heteroatoms. The molecule has 0 spiro atoms. The van der Waals surface area contributed by atoms with Crippen molar-refractivity contribution in [3.63, 3.8) is 0 Å². The second kappa shape index (κ2) is 9.00. The number of nitrogens with one attached hydrogen (secondary N) is 3. The van der Waals surface area contributed by atoms with Gasteiger partial charge in [0, 0.05) is 22.7 Å². The molecular weight excluding hydrogens is 396 g/mol. The summed E-state index contributed by atoms with van der Waals surface area (Å²) in [5.41, 5.74) is 1.99. The summed E-state index contributed by atoms with van der Waals surface area (Å²) in [7, 11) is 1.32. The van der Waals surface area contributed by atoms with E-state index in [2.05, 4.69) is 20.8 Å². The fourth-order valence-electron chi connectivity index (χ4n) is 3.08. The zero-order valence-electron chi connectivity index (χ0n) is 16.7. The number of H-pyrrole nitrogens is 1. The van der Waals surface area contributed by atoms with E-state index >= 15 is 0 Å². The van der Waals surface area contributed by atoms with E-state index < -0.39 is 18.1 Å². The van der Waals surface area contributed by atoms with Gasteiger partial charge >= 0.3 is 12.0 Å². The van der Waals surface area contributed by atoms with Crippen molar-refractivity contribution in [2.45, 2.75) is 6.10 Å². The molecule has 0 bridgehead atoms. The number of aromatic amines is 1. The van der Waals surface area contributed by atoms with E-state index in [1.165, 1.54) is 7.11 Å². The van der Waals surface area contributed by atoms with Crippen molar-refractivity contribution in [3.8, 4) is 5.75 Å². The summed E-state index contributed by atoms with van der Waals surface area (Å²) in [4.78, 5) is 24.5. The number of nitrogens with zero attached hydrogens (tertiary/aromatic N) is 1. The highest BCUT2D eigenvalue weighted by molar-refractivity contribution is 6.04. The van der Waals surface area contributed by atoms with Crippen molar-refractivity contribution in [1.82, 2.24) is 10.2 Å². The number of aromatic nitrogens is 2. The van der Waals surface area contributed by atoms with Crippen LogP contribution >= 0.6 is 0 Å². The number of rotatable bonds is 6. The monoisotopic (exact) mass is 416 g/mol. The molecule has 3 N–H and O–H groups in total. The van der Waals surface area contributed by atoms with Gasteiger partial charge in [0.25, 0.3) is 0 Å². The smallest absolute Gasteiger partial charge is 0.351 e. The molecule has 0 saturated heterocycles. The molecule has 0 saturated carbocycles. The number of methoxy groups -OCH3 is 1. The number of hydrogen-bond acceptors (Lipinski definition) is 5. The first-order valence-electron chi connectivity index (χ1n) is 9.54. The van der Waals surface area contributed by atoms with Gasteiger partial charge in [-0.15, -0.1) is 0 Å². The lowest BCUT2D eigenvalue weighted by Gasteiger charge is -2.17. The fourth-order valence-corrected chi connectivity index (χ4v) is 3.08. The quantitative estimate of drug-likeness (QED) is 0.401. The molecule has 0 aliphatic rings. The average Bonchev–Trinajstić information content (AvgIpc) is 3.20. The molecule has 4 rings (SSSR count). The van der Waals surface area contributed by atoms with E-state index in [1.807, 2.05) is 36.4 Å². The van der Waals surface area contributed by atoms with Crippen LogP contribution < -0.4 is 15.4 Å². The van der Waals surface area contributed by atoms with E-state index in [-0.39, 0.29) is 0 Å². The van der Waals surface area contributed by atoms with Gasteiger partial charge in [-0.1, -0.05) is 48.5 Å². The Kier molecular flexibility index (Phi) is 5.79. The summed E-state index contributed by atoms with van der Waals surface area (Å²) in [5, 5.41) is 13.2. The number of amides is 2. The van der Waals surface area contributed by atoms with Crippen LogP contribution in [-0.2, 0) is 9.53 Å². The van der Waals surface area contributed by atoms with Crippen LogP contribution in [0.1, 0.15) is 11.7 Å². The average molecular weight is 416 g/mol. The molecule has 8 nitrogen and oxygen atoms in total. The van der Waals surface area contributed by atoms with Gasteiger partial charge in [0.05, 0.1) is 12.6 Å². The largest absolute Gasteiger partial charge is 0.474 e. The number of benzene rings is 3. The Bertz CT molecular complexity index is 1190. The fraction of sp³-hybridized carbons (Fsp3) is 0.0870. The maximum absolute atomic E-state index is 12.2. The lowest BCUT2D eigenvalue weighted by molar-refractivity contribution is -0.149. The molecule has 4 aromatic rings. The van der Waals surface area contributed by atoms with Crippen LogP contribution in [0.4, 0.5) is 16.3 Å². The van der Waals surface area contributed by atoms with Crippen molar-refractivity contribution < 1.29 is 19.1 Å². The summed E-state index contributed by atoms with van der Waals surface area (Å²) < 4.78 is 10.8. The molecule has 156 valence electrons. The number of fused-ring (bicyclic) bond motifs is 1. The van der Waals surface area contributed by atoms with E-state index in [9.17, 15) is 9.59 Å².